The molecule has 0 aromatic rings. The number of nitrogens with zero attached hydrogens (tertiary/aromatic N) is 1. The van der Waals surface area contributed by atoms with Crippen LogP contribution < -0.4 is 16.6 Å². The van der Waals surface area contributed by atoms with Gasteiger partial charge in [0.05, 0.1) is 19.3 Å². The van der Waals surface area contributed by atoms with E-state index in [9.17, 15) is 0 Å². The lowest BCUT2D eigenvalue weighted by molar-refractivity contribution is 0.0828. The van der Waals surface area contributed by atoms with Crippen molar-refractivity contribution in [3.63, 3.8) is 0 Å². The van der Waals surface area contributed by atoms with Crippen molar-refractivity contribution in [2.45, 2.75) is 32.9 Å². The molecular formula is C10H24N4O2. The number of aliphatic imine (C=N–C) groups is 1. The lowest BCUT2D eigenvalue weighted by atomic mass is 10.4. The van der Waals surface area contributed by atoms with E-state index in [2.05, 4.69) is 15.7 Å². The highest BCUT2D eigenvalue weighted by molar-refractivity contribution is 5.79. The maximum atomic E-state index is 5.36. The molecule has 6 heteroatoms. The molecule has 0 aromatic carbocycles. The highest BCUT2D eigenvalue weighted by Crippen LogP contribution is 1.91. The third-order valence-electron chi connectivity index (χ3n) is 1.89. The van der Waals surface area contributed by atoms with Gasteiger partial charge in [0.2, 0.25) is 5.96 Å². The second-order valence-electron chi connectivity index (χ2n) is 3.60. The van der Waals surface area contributed by atoms with E-state index in [-0.39, 0.29) is 12.1 Å². The summed E-state index contributed by atoms with van der Waals surface area (Å²) in [4.78, 5) is 4.27. The van der Waals surface area contributed by atoms with Crippen molar-refractivity contribution < 1.29 is 9.47 Å². The third-order valence-corrected chi connectivity index (χ3v) is 1.89. The number of rotatable bonds is 7. The summed E-state index contributed by atoms with van der Waals surface area (Å²) >= 11 is 0. The zero-order chi connectivity index (χ0) is 12.4. The van der Waals surface area contributed by atoms with Crippen LogP contribution in [0.1, 0.15) is 20.8 Å². The maximum Gasteiger partial charge on any atom is 0.206 e. The summed E-state index contributed by atoms with van der Waals surface area (Å²) in [5, 5.41) is 3.10. The number of hydrogen-bond donors (Lipinski definition) is 3. The highest BCUT2D eigenvalue weighted by atomic mass is 16.5. The summed E-state index contributed by atoms with van der Waals surface area (Å²) in [6.45, 7) is 7.78. The standard InChI is InChI=1S/C10H24N4O2/c1-5-16-9(3)6-12-10(14-11)13-8(2)7-15-4/h8-9H,5-7,11H2,1-4H3,(H2,12,13,14). The van der Waals surface area contributed by atoms with Crippen molar-refractivity contribution in [1.29, 1.82) is 0 Å². The van der Waals surface area contributed by atoms with E-state index in [0.717, 1.165) is 0 Å². The lowest BCUT2D eigenvalue weighted by Crippen LogP contribution is -2.47. The summed E-state index contributed by atoms with van der Waals surface area (Å²) in [6.07, 6.45) is 0.0906. The number of hydrogen-bond acceptors (Lipinski definition) is 4. The van der Waals surface area contributed by atoms with Crippen molar-refractivity contribution in [3.8, 4) is 0 Å². The first-order valence-corrected chi connectivity index (χ1v) is 5.52. The second kappa shape index (κ2) is 9.38. The van der Waals surface area contributed by atoms with Crippen LogP contribution in [-0.4, -0.2) is 45.0 Å². The minimum Gasteiger partial charge on any atom is -0.383 e. The van der Waals surface area contributed by atoms with E-state index in [1.807, 2.05) is 20.8 Å². The molecule has 16 heavy (non-hydrogen) atoms. The monoisotopic (exact) mass is 232 g/mol. The van der Waals surface area contributed by atoms with Gasteiger partial charge in [-0.2, -0.15) is 0 Å². The fourth-order valence-electron chi connectivity index (χ4n) is 1.22. The molecule has 96 valence electrons. The molecule has 0 heterocycles. The van der Waals surface area contributed by atoms with Gasteiger partial charge in [0.15, 0.2) is 0 Å². The molecule has 6 nitrogen and oxygen atoms in total. The molecule has 0 spiro atoms. The lowest BCUT2D eigenvalue weighted by Gasteiger charge is -2.16. The number of nitrogens with one attached hydrogen (secondary N) is 2. The Bertz CT molecular complexity index is 199. The van der Waals surface area contributed by atoms with Crippen LogP contribution in [0, 0.1) is 0 Å². The van der Waals surface area contributed by atoms with Crippen molar-refractivity contribution >= 4 is 5.96 Å². The average Bonchev–Trinajstić information content (AvgIpc) is 2.25. The largest absolute Gasteiger partial charge is 0.383 e. The Morgan fingerprint density at radius 1 is 1.44 bits per heavy atom. The van der Waals surface area contributed by atoms with Crippen LogP contribution in [-0.2, 0) is 9.47 Å². The Balaban J connectivity index is 4.00. The first-order valence-electron chi connectivity index (χ1n) is 5.52. The SMILES string of the molecule is CCOC(C)CN=C(NN)NC(C)COC. The predicted molar refractivity (Wildman–Crippen MR) is 65.2 cm³/mol. The van der Waals surface area contributed by atoms with Crippen LogP contribution in [0.5, 0.6) is 0 Å². The molecule has 2 atom stereocenters. The molecule has 0 aliphatic heterocycles. The Hall–Kier alpha value is -0.850. The molecule has 0 rings (SSSR count). The zero-order valence-electron chi connectivity index (χ0n) is 10.6. The van der Waals surface area contributed by atoms with Crippen LogP contribution in [0.2, 0.25) is 0 Å². The van der Waals surface area contributed by atoms with Crippen molar-refractivity contribution in [2.75, 3.05) is 26.9 Å². The minimum atomic E-state index is 0.0906. The van der Waals surface area contributed by atoms with E-state index in [4.69, 9.17) is 15.3 Å². The van der Waals surface area contributed by atoms with Gasteiger partial charge in [0.25, 0.3) is 0 Å². The first-order chi connectivity index (χ1) is 7.63. The molecule has 0 amide bonds. The van der Waals surface area contributed by atoms with Gasteiger partial charge in [-0.15, -0.1) is 0 Å². The molecule has 0 aliphatic carbocycles. The number of hydrazine groups is 1. The van der Waals surface area contributed by atoms with Gasteiger partial charge < -0.3 is 14.8 Å². The maximum absolute atomic E-state index is 5.36. The molecule has 0 aromatic heterocycles. The number of ether oxygens (including phenoxy) is 2. The Morgan fingerprint density at radius 3 is 2.62 bits per heavy atom. The van der Waals surface area contributed by atoms with Gasteiger partial charge in [-0.25, -0.2) is 10.8 Å². The number of methoxy groups -OCH3 is 1. The quantitative estimate of drug-likeness (QED) is 0.246. The third kappa shape index (κ3) is 7.44. The van der Waals surface area contributed by atoms with Crippen molar-refractivity contribution in [3.05, 3.63) is 0 Å². The van der Waals surface area contributed by atoms with Gasteiger partial charge in [0.1, 0.15) is 0 Å². The van der Waals surface area contributed by atoms with E-state index in [0.29, 0.717) is 25.7 Å². The van der Waals surface area contributed by atoms with Crippen LogP contribution in [0.4, 0.5) is 0 Å². The van der Waals surface area contributed by atoms with E-state index in [1.165, 1.54) is 0 Å². The van der Waals surface area contributed by atoms with Gasteiger partial charge >= 0.3 is 0 Å². The summed E-state index contributed by atoms with van der Waals surface area (Å²) in [5.41, 5.74) is 2.52. The molecule has 0 saturated heterocycles. The highest BCUT2D eigenvalue weighted by Gasteiger charge is 2.05. The Kier molecular flexibility index (Phi) is 8.88. The molecular weight excluding hydrogens is 208 g/mol. The van der Waals surface area contributed by atoms with E-state index < -0.39 is 0 Å². The van der Waals surface area contributed by atoms with Crippen LogP contribution in [0.25, 0.3) is 0 Å². The number of guanidine groups is 1. The first kappa shape index (κ1) is 15.2. The molecule has 0 radical (unpaired) electrons. The van der Waals surface area contributed by atoms with Gasteiger partial charge in [-0.1, -0.05) is 0 Å². The Morgan fingerprint density at radius 2 is 2.12 bits per heavy atom. The molecule has 0 fully saturated rings. The van der Waals surface area contributed by atoms with Crippen LogP contribution >= 0.6 is 0 Å². The molecule has 2 unspecified atom stereocenters. The van der Waals surface area contributed by atoms with Crippen LogP contribution in [0.3, 0.4) is 0 Å². The van der Waals surface area contributed by atoms with E-state index >= 15 is 0 Å². The molecule has 0 aliphatic rings. The summed E-state index contributed by atoms with van der Waals surface area (Å²) in [6, 6.07) is 0.155. The summed E-state index contributed by atoms with van der Waals surface area (Å²) < 4.78 is 10.4. The summed E-state index contributed by atoms with van der Waals surface area (Å²) in [7, 11) is 1.65. The fourth-order valence-corrected chi connectivity index (χ4v) is 1.22. The van der Waals surface area contributed by atoms with Gasteiger partial charge in [-0.05, 0) is 20.8 Å². The summed E-state index contributed by atoms with van der Waals surface area (Å²) in [5.74, 6) is 5.90. The van der Waals surface area contributed by atoms with Gasteiger partial charge in [-0.3, -0.25) is 5.43 Å². The van der Waals surface area contributed by atoms with Crippen molar-refractivity contribution in [2.24, 2.45) is 10.8 Å². The van der Waals surface area contributed by atoms with Gasteiger partial charge in [0, 0.05) is 19.8 Å². The second-order valence-corrected chi connectivity index (χ2v) is 3.60. The fraction of sp³-hybridized carbons (Fsp3) is 0.900. The van der Waals surface area contributed by atoms with Crippen LogP contribution in [0.15, 0.2) is 4.99 Å². The normalized spacial score (nSPS) is 15.7. The average molecular weight is 232 g/mol. The van der Waals surface area contributed by atoms with E-state index in [1.54, 1.807) is 7.11 Å². The number of nitrogens with two attached hydrogens (primary N) is 1. The molecule has 0 saturated carbocycles. The predicted octanol–water partition coefficient (Wildman–Crippen LogP) is -0.145. The minimum absolute atomic E-state index is 0.0906. The Labute approximate surface area is 97.6 Å². The smallest absolute Gasteiger partial charge is 0.206 e. The molecule has 4 N–H and O–H groups in total. The zero-order valence-corrected chi connectivity index (χ0v) is 10.6. The molecule has 0 bridgehead atoms. The topological polar surface area (TPSA) is 80.9 Å². The van der Waals surface area contributed by atoms with Crippen molar-refractivity contribution in [1.82, 2.24) is 10.7 Å².